The van der Waals surface area contributed by atoms with E-state index >= 15 is 0 Å². The van der Waals surface area contributed by atoms with Crippen molar-refractivity contribution >= 4 is 22.5 Å². The van der Waals surface area contributed by atoms with Gasteiger partial charge in [0.1, 0.15) is 11.5 Å². The molecule has 162 valence electrons. The Balaban J connectivity index is 1.69. The summed E-state index contributed by atoms with van der Waals surface area (Å²) in [6, 6.07) is 24.0. The highest BCUT2D eigenvalue weighted by Gasteiger charge is 2.22. The molecule has 4 rings (SSSR count). The van der Waals surface area contributed by atoms with Crippen LogP contribution in [0.3, 0.4) is 0 Å². The molecule has 0 spiro atoms. The van der Waals surface area contributed by atoms with Crippen molar-refractivity contribution in [3.63, 3.8) is 0 Å². The monoisotopic (exact) mass is 428 g/mol. The highest BCUT2D eigenvalue weighted by atomic mass is 16.5. The number of pyridine rings is 1. The maximum atomic E-state index is 13.3. The number of anilines is 1. The van der Waals surface area contributed by atoms with Crippen molar-refractivity contribution in [3.8, 4) is 11.5 Å². The number of ether oxygens (including phenoxy) is 2. The highest BCUT2D eigenvalue weighted by molar-refractivity contribution is 5.96. The van der Waals surface area contributed by atoms with Crippen LogP contribution in [0, 0.1) is 6.92 Å². The highest BCUT2D eigenvalue weighted by Crippen LogP contribution is 2.29. The number of nitrogens with zero attached hydrogens (tertiary/aromatic N) is 1. The third-order valence-electron chi connectivity index (χ3n) is 5.28. The number of nitrogens with one attached hydrogen (secondary N) is 1. The van der Waals surface area contributed by atoms with Crippen LogP contribution in [-0.2, 0) is 11.3 Å². The maximum Gasteiger partial charge on any atom is 0.265 e. The predicted octanol–water partition coefficient (Wildman–Crippen LogP) is 4.46. The number of aromatic amines is 1. The summed E-state index contributed by atoms with van der Waals surface area (Å²) >= 11 is 0. The molecule has 1 aromatic heterocycles. The molecule has 0 aliphatic heterocycles. The average Bonchev–Trinajstić information content (AvgIpc) is 2.82. The predicted molar refractivity (Wildman–Crippen MR) is 125 cm³/mol. The molecule has 3 aromatic carbocycles. The number of carbonyl (C=O) groups is 1. The summed E-state index contributed by atoms with van der Waals surface area (Å²) in [5.74, 6) is 0.843. The van der Waals surface area contributed by atoms with Crippen LogP contribution in [0.4, 0.5) is 5.69 Å². The lowest BCUT2D eigenvalue weighted by molar-refractivity contribution is -0.120. The Hall–Kier alpha value is -4.06. The first-order valence-electron chi connectivity index (χ1n) is 10.3. The van der Waals surface area contributed by atoms with Crippen LogP contribution in [0.2, 0.25) is 0 Å². The zero-order chi connectivity index (χ0) is 22.5. The summed E-state index contributed by atoms with van der Waals surface area (Å²) in [5.41, 5.74) is 2.59. The minimum Gasteiger partial charge on any atom is -0.495 e. The van der Waals surface area contributed by atoms with Crippen LogP contribution >= 0.6 is 0 Å². The van der Waals surface area contributed by atoms with Crippen molar-refractivity contribution in [1.29, 1.82) is 0 Å². The topological polar surface area (TPSA) is 71.6 Å². The van der Waals surface area contributed by atoms with Gasteiger partial charge in [-0.15, -0.1) is 0 Å². The second-order valence-electron chi connectivity index (χ2n) is 7.42. The van der Waals surface area contributed by atoms with Crippen LogP contribution in [0.5, 0.6) is 11.5 Å². The Morgan fingerprint density at radius 1 is 0.969 bits per heavy atom. The molecule has 6 nitrogen and oxygen atoms in total. The minimum absolute atomic E-state index is 0.0799. The fraction of sp³-hybridized carbons (Fsp3) is 0.154. The second kappa shape index (κ2) is 9.39. The molecule has 0 saturated carbocycles. The SMILES string of the molecule is COc1ccccc1N(Cc1cc2cccc(C)c2[nH]c1=O)C(=O)COc1ccccc1. The van der Waals surface area contributed by atoms with Gasteiger partial charge in [0, 0.05) is 5.56 Å². The normalized spacial score (nSPS) is 10.7. The number of benzene rings is 3. The number of para-hydroxylation sites is 4. The largest absolute Gasteiger partial charge is 0.495 e. The van der Waals surface area contributed by atoms with Crippen molar-refractivity contribution in [1.82, 2.24) is 4.98 Å². The molecule has 0 bridgehead atoms. The third kappa shape index (κ3) is 4.49. The molecule has 1 amide bonds. The molecular weight excluding hydrogens is 404 g/mol. The van der Waals surface area contributed by atoms with Gasteiger partial charge in [0.05, 0.1) is 24.9 Å². The lowest BCUT2D eigenvalue weighted by Crippen LogP contribution is -2.36. The molecular formula is C26H24N2O4. The quantitative estimate of drug-likeness (QED) is 0.472. The summed E-state index contributed by atoms with van der Waals surface area (Å²) in [5, 5.41) is 0.910. The molecule has 0 atom stereocenters. The van der Waals surface area contributed by atoms with Crippen LogP contribution in [-0.4, -0.2) is 24.6 Å². The van der Waals surface area contributed by atoms with Gasteiger partial charge in [-0.25, -0.2) is 0 Å². The summed E-state index contributed by atoms with van der Waals surface area (Å²) in [6.45, 7) is 1.85. The smallest absolute Gasteiger partial charge is 0.265 e. The molecule has 0 aliphatic carbocycles. The van der Waals surface area contributed by atoms with Crippen LogP contribution in [0.25, 0.3) is 10.9 Å². The molecule has 4 aromatic rings. The van der Waals surface area contributed by atoms with Crippen molar-refractivity contribution in [2.45, 2.75) is 13.5 Å². The van der Waals surface area contributed by atoms with Gasteiger partial charge in [0.15, 0.2) is 6.61 Å². The number of rotatable bonds is 7. The number of amides is 1. The van der Waals surface area contributed by atoms with E-state index in [0.29, 0.717) is 22.7 Å². The number of hydrogen-bond donors (Lipinski definition) is 1. The Morgan fingerprint density at radius 2 is 1.72 bits per heavy atom. The Labute approximate surface area is 186 Å². The van der Waals surface area contributed by atoms with Crippen molar-refractivity contribution in [3.05, 3.63) is 100 Å². The van der Waals surface area contributed by atoms with Crippen molar-refractivity contribution < 1.29 is 14.3 Å². The first-order chi connectivity index (χ1) is 15.6. The number of H-pyrrole nitrogens is 1. The van der Waals surface area contributed by atoms with E-state index in [1.165, 1.54) is 4.90 Å². The van der Waals surface area contributed by atoms with E-state index in [-0.39, 0.29) is 24.6 Å². The molecule has 32 heavy (non-hydrogen) atoms. The summed E-state index contributed by atoms with van der Waals surface area (Å²) < 4.78 is 11.2. The fourth-order valence-electron chi connectivity index (χ4n) is 3.62. The number of carbonyl (C=O) groups excluding carboxylic acids is 1. The van der Waals surface area contributed by atoms with Gasteiger partial charge in [0.2, 0.25) is 0 Å². The zero-order valence-electron chi connectivity index (χ0n) is 18.0. The van der Waals surface area contributed by atoms with E-state index < -0.39 is 0 Å². The first-order valence-corrected chi connectivity index (χ1v) is 10.3. The molecule has 0 saturated heterocycles. The van der Waals surface area contributed by atoms with Gasteiger partial charge < -0.3 is 19.4 Å². The van der Waals surface area contributed by atoms with Gasteiger partial charge in [-0.2, -0.15) is 0 Å². The summed E-state index contributed by atoms with van der Waals surface area (Å²) in [4.78, 5) is 30.6. The van der Waals surface area contributed by atoms with E-state index in [1.807, 2.05) is 61.5 Å². The Bertz CT molecular complexity index is 1300. The van der Waals surface area contributed by atoms with E-state index in [4.69, 9.17) is 9.47 Å². The number of aryl methyl sites for hydroxylation is 1. The van der Waals surface area contributed by atoms with Gasteiger partial charge in [0.25, 0.3) is 11.5 Å². The van der Waals surface area contributed by atoms with Gasteiger partial charge >= 0.3 is 0 Å². The summed E-state index contributed by atoms with van der Waals surface area (Å²) in [7, 11) is 1.55. The van der Waals surface area contributed by atoms with Gasteiger partial charge in [-0.1, -0.05) is 48.5 Å². The number of hydrogen-bond acceptors (Lipinski definition) is 4. The van der Waals surface area contributed by atoms with Crippen molar-refractivity contribution in [2.75, 3.05) is 18.6 Å². The number of fused-ring (bicyclic) bond motifs is 1. The van der Waals surface area contributed by atoms with E-state index in [2.05, 4.69) is 4.98 Å². The molecule has 0 aliphatic rings. The fourth-order valence-corrected chi connectivity index (χ4v) is 3.62. The zero-order valence-corrected chi connectivity index (χ0v) is 18.0. The van der Waals surface area contributed by atoms with Crippen LogP contribution in [0.1, 0.15) is 11.1 Å². The lowest BCUT2D eigenvalue weighted by atomic mass is 10.1. The first kappa shape index (κ1) is 21.2. The minimum atomic E-state index is -0.290. The van der Waals surface area contributed by atoms with Gasteiger partial charge in [-0.05, 0) is 48.2 Å². The third-order valence-corrected chi connectivity index (χ3v) is 5.28. The Morgan fingerprint density at radius 3 is 2.50 bits per heavy atom. The van der Waals surface area contributed by atoms with Crippen LogP contribution in [0.15, 0.2) is 83.7 Å². The molecule has 1 N–H and O–H groups in total. The van der Waals surface area contributed by atoms with Crippen LogP contribution < -0.4 is 19.9 Å². The lowest BCUT2D eigenvalue weighted by Gasteiger charge is -2.24. The molecule has 0 radical (unpaired) electrons. The number of methoxy groups -OCH3 is 1. The molecule has 1 heterocycles. The summed E-state index contributed by atoms with van der Waals surface area (Å²) in [6.07, 6.45) is 0. The average molecular weight is 428 g/mol. The molecule has 0 unspecified atom stereocenters. The van der Waals surface area contributed by atoms with E-state index in [0.717, 1.165) is 16.5 Å². The van der Waals surface area contributed by atoms with Gasteiger partial charge in [-0.3, -0.25) is 9.59 Å². The standard InChI is InChI=1S/C26H24N2O4/c1-18-9-8-10-19-15-20(26(30)27-25(18)19)16-28(22-13-6-7-14-23(22)31-2)24(29)17-32-21-11-4-3-5-12-21/h3-15H,16-17H2,1-2H3,(H,27,30). The van der Waals surface area contributed by atoms with E-state index in [9.17, 15) is 9.59 Å². The maximum absolute atomic E-state index is 13.3. The van der Waals surface area contributed by atoms with E-state index in [1.54, 1.807) is 31.4 Å². The molecule has 6 heteroatoms. The van der Waals surface area contributed by atoms with Crippen molar-refractivity contribution in [2.24, 2.45) is 0 Å². The molecule has 0 fully saturated rings. The Kier molecular flexibility index (Phi) is 6.22. The second-order valence-corrected chi connectivity index (χ2v) is 7.42. The number of aromatic nitrogens is 1.